The number of anilines is 1. The van der Waals surface area contributed by atoms with E-state index in [-0.39, 0.29) is 5.91 Å². The van der Waals surface area contributed by atoms with Crippen LogP contribution in [0.2, 0.25) is 0 Å². The third-order valence-electron chi connectivity index (χ3n) is 2.77. The minimum absolute atomic E-state index is 0.298. The lowest BCUT2D eigenvalue weighted by Gasteiger charge is -2.02. The first-order valence-electron chi connectivity index (χ1n) is 6.54. The summed E-state index contributed by atoms with van der Waals surface area (Å²) >= 11 is 4.29. The highest BCUT2D eigenvalue weighted by molar-refractivity contribution is 6.13. The summed E-state index contributed by atoms with van der Waals surface area (Å²) in [5.74, 6) is -0.461. The standard InChI is InChI=1S/C13H16N4O3.ClHN2/c1-4-20-13(19)10-7-9(8-17(10)3)15-12(18)11-14-5-6-16(11)2;1-3-2/h5-8H,4H2,1-3H3,(H,15,18);2H. The summed E-state index contributed by atoms with van der Waals surface area (Å²) in [5, 5.41) is 2.69. The van der Waals surface area contributed by atoms with Gasteiger partial charge in [0.15, 0.2) is 5.82 Å². The summed E-state index contributed by atoms with van der Waals surface area (Å²) in [5.41, 5.74) is 6.49. The Morgan fingerprint density at radius 3 is 2.61 bits per heavy atom. The van der Waals surface area contributed by atoms with Crippen molar-refractivity contribution in [3.05, 3.63) is 36.2 Å². The SMILES string of the molecule is CCOC(=O)c1cc(NC(=O)c2nccn2C)cn1C.N=NCl. The van der Waals surface area contributed by atoms with E-state index >= 15 is 0 Å². The molecule has 2 aromatic rings. The molecule has 0 fully saturated rings. The Balaban J connectivity index is 0.000000816. The van der Waals surface area contributed by atoms with Gasteiger partial charge in [0.05, 0.1) is 24.1 Å². The second-order valence-corrected chi connectivity index (χ2v) is 4.51. The Morgan fingerprint density at radius 1 is 1.43 bits per heavy atom. The molecule has 0 saturated carbocycles. The van der Waals surface area contributed by atoms with Crippen LogP contribution in [0.1, 0.15) is 28.0 Å². The number of amides is 1. The number of carbonyl (C=O) groups is 2. The maximum absolute atomic E-state index is 12.0. The van der Waals surface area contributed by atoms with Gasteiger partial charge in [-0.15, -0.1) is 0 Å². The number of aryl methyl sites for hydroxylation is 2. The van der Waals surface area contributed by atoms with Gasteiger partial charge in [0.25, 0.3) is 5.91 Å². The Morgan fingerprint density at radius 2 is 2.09 bits per heavy atom. The van der Waals surface area contributed by atoms with Crippen LogP contribution in [0.15, 0.2) is 29.3 Å². The van der Waals surface area contributed by atoms with Gasteiger partial charge in [-0.2, -0.15) is 5.53 Å². The van der Waals surface area contributed by atoms with Gasteiger partial charge in [0.2, 0.25) is 0 Å². The van der Waals surface area contributed by atoms with Crippen molar-refractivity contribution in [3.8, 4) is 0 Å². The van der Waals surface area contributed by atoms with Crippen molar-refractivity contribution in [3.63, 3.8) is 0 Å². The van der Waals surface area contributed by atoms with Crippen LogP contribution in [0.3, 0.4) is 0 Å². The van der Waals surface area contributed by atoms with Gasteiger partial charge in [-0.3, -0.25) is 4.79 Å². The van der Waals surface area contributed by atoms with Crippen molar-refractivity contribution in [2.24, 2.45) is 18.7 Å². The highest BCUT2D eigenvalue weighted by atomic mass is 35.5. The zero-order valence-electron chi connectivity index (χ0n) is 12.9. The smallest absolute Gasteiger partial charge is 0.355 e. The number of nitrogens with one attached hydrogen (secondary N) is 2. The minimum atomic E-state index is -0.424. The molecule has 0 saturated heterocycles. The summed E-state index contributed by atoms with van der Waals surface area (Å²) in [6.07, 6.45) is 4.88. The maximum Gasteiger partial charge on any atom is 0.355 e. The van der Waals surface area contributed by atoms with E-state index in [2.05, 4.69) is 26.7 Å². The highest BCUT2D eigenvalue weighted by Gasteiger charge is 2.16. The number of aromatic nitrogens is 3. The first kappa shape index (κ1) is 18.4. The molecule has 2 aromatic heterocycles. The second-order valence-electron chi connectivity index (χ2n) is 4.35. The summed E-state index contributed by atoms with van der Waals surface area (Å²) in [6, 6.07) is 1.57. The molecule has 0 aliphatic rings. The number of halogens is 1. The first-order valence-corrected chi connectivity index (χ1v) is 6.88. The normalized spacial score (nSPS) is 9.57. The van der Waals surface area contributed by atoms with Gasteiger partial charge in [-0.05, 0) is 13.0 Å². The van der Waals surface area contributed by atoms with Crippen LogP contribution in [0.5, 0.6) is 0 Å². The molecule has 2 N–H and O–H groups in total. The summed E-state index contributed by atoms with van der Waals surface area (Å²) in [4.78, 5) is 27.6. The van der Waals surface area contributed by atoms with Crippen molar-refractivity contribution in [1.82, 2.24) is 14.1 Å². The number of rotatable bonds is 4. The molecule has 0 aliphatic heterocycles. The number of nitrogens with zero attached hydrogens (tertiary/aromatic N) is 4. The van der Waals surface area contributed by atoms with E-state index in [0.29, 0.717) is 23.8 Å². The number of imidazole rings is 1. The summed E-state index contributed by atoms with van der Waals surface area (Å²) < 4.78 is 10.4. The van der Waals surface area contributed by atoms with Gasteiger partial charge in [-0.25, -0.2) is 9.78 Å². The first-order chi connectivity index (χ1) is 10.9. The van der Waals surface area contributed by atoms with Crippen molar-refractivity contribution in [2.75, 3.05) is 11.9 Å². The lowest BCUT2D eigenvalue weighted by molar-refractivity contribution is 0.0515. The quantitative estimate of drug-likeness (QED) is 0.656. The van der Waals surface area contributed by atoms with Crippen molar-refractivity contribution in [1.29, 1.82) is 5.53 Å². The predicted molar refractivity (Wildman–Crippen MR) is 83.5 cm³/mol. The van der Waals surface area contributed by atoms with Crippen LogP contribution in [-0.2, 0) is 18.8 Å². The molecular weight excluding hydrogens is 324 g/mol. The van der Waals surface area contributed by atoms with E-state index in [4.69, 9.17) is 10.3 Å². The van der Waals surface area contributed by atoms with Crippen LogP contribution < -0.4 is 5.32 Å². The molecule has 0 unspecified atom stereocenters. The Bertz CT molecular complexity index is 694. The summed E-state index contributed by atoms with van der Waals surface area (Å²) in [6.45, 7) is 2.05. The fraction of sp³-hybridized carbons (Fsp3) is 0.308. The third kappa shape index (κ3) is 4.92. The molecular formula is C13H17ClN6O3. The number of ether oxygens (including phenoxy) is 1. The van der Waals surface area contributed by atoms with Gasteiger partial charge >= 0.3 is 5.97 Å². The lowest BCUT2D eigenvalue weighted by Crippen LogP contribution is -2.16. The molecule has 0 aliphatic carbocycles. The molecule has 0 spiro atoms. The van der Waals surface area contributed by atoms with Crippen LogP contribution in [0.4, 0.5) is 5.69 Å². The van der Waals surface area contributed by atoms with E-state index in [9.17, 15) is 9.59 Å². The Hall–Kier alpha value is -2.68. The van der Waals surface area contributed by atoms with E-state index in [0.717, 1.165) is 0 Å². The molecule has 0 atom stereocenters. The van der Waals surface area contributed by atoms with Crippen LogP contribution in [-0.4, -0.2) is 32.6 Å². The van der Waals surface area contributed by atoms with Crippen LogP contribution in [0, 0.1) is 5.53 Å². The zero-order chi connectivity index (χ0) is 17.4. The topological polar surface area (TPSA) is 114 Å². The van der Waals surface area contributed by atoms with Gasteiger partial charge < -0.3 is 19.2 Å². The number of hydrogen-bond donors (Lipinski definition) is 2. The van der Waals surface area contributed by atoms with E-state index in [1.54, 1.807) is 54.8 Å². The van der Waals surface area contributed by atoms with Gasteiger partial charge in [0.1, 0.15) is 5.69 Å². The predicted octanol–water partition coefficient (Wildman–Crippen LogP) is 2.36. The monoisotopic (exact) mass is 340 g/mol. The molecule has 10 heteroatoms. The number of carbonyl (C=O) groups excluding carboxylic acids is 2. The van der Waals surface area contributed by atoms with Crippen molar-refractivity contribution >= 4 is 29.3 Å². The fourth-order valence-corrected chi connectivity index (χ4v) is 1.81. The molecule has 1 amide bonds. The average molecular weight is 341 g/mol. The van der Waals surface area contributed by atoms with Crippen LogP contribution >= 0.6 is 11.8 Å². The number of esters is 1. The number of hydrogen-bond acceptors (Lipinski definition) is 6. The maximum atomic E-state index is 12.0. The second kappa shape index (κ2) is 8.69. The molecule has 2 rings (SSSR count). The Labute approximate surface area is 137 Å². The van der Waals surface area contributed by atoms with Crippen molar-refractivity contribution in [2.45, 2.75) is 6.92 Å². The molecule has 124 valence electrons. The summed E-state index contributed by atoms with van der Waals surface area (Å²) in [7, 11) is 3.44. The van der Waals surface area contributed by atoms with E-state index in [1.807, 2.05) is 0 Å². The zero-order valence-corrected chi connectivity index (χ0v) is 13.7. The lowest BCUT2D eigenvalue weighted by atomic mass is 10.4. The molecule has 2 heterocycles. The van der Waals surface area contributed by atoms with E-state index in [1.165, 1.54) is 0 Å². The molecule has 0 bridgehead atoms. The third-order valence-corrected chi connectivity index (χ3v) is 2.77. The average Bonchev–Trinajstić information content (AvgIpc) is 3.06. The highest BCUT2D eigenvalue weighted by Crippen LogP contribution is 2.14. The molecule has 23 heavy (non-hydrogen) atoms. The van der Waals surface area contributed by atoms with Gasteiger partial charge in [0, 0.05) is 32.7 Å². The van der Waals surface area contributed by atoms with E-state index < -0.39 is 5.97 Å². The molecule has 0 aromatic carbocycles. The molecule has 9 nitrogen and oxygen atoms in total. The minimum Gasteiger partial charge on any atom is -0.461 e. The van der Waals surface area contributed by atoms with Crippen molar-refractivity contribution < 1.29 is 14.3 Å². The largest absolute Gasteiger partial charge is 0.461 e. The van der Waals surface area contributed by atoms with Gasteiger partial charge in [-0.1, -0.05) is 4.63 Å². The molecule has 0 radical (unpaired) electrons. The van der Waals surface area contributed by atoms with Crippen LogP contribution in [0.25, 0.3) is 0 Å². The fourth-order valence-electron chi connectivity index (χ4n) is 1.81. The Kier molecular flexibility index (Phi) is 6.94.